The lowest BCUT2D eigenvalue weighted by atomic mass is 10.0. The van der Waals surface area contributed by atoms with Gasteiger partial charge in [-0.1, -0.05) is 49.6 Å². The van der Waals surface area contributed by atoms with Gasteiger partial charge in [0.15, 0.2) is 0 Å². The second-order valence-corrected chi connectivity index (χ2v) is 9.28. The molecule has 0 aliphatic carbocycles. The summed E-state index contributed by atoms with van der Waals surface area (Å²) in [4.78, 5) is 25.0. The normalized spacial score (nSPS) is 12.2. The minimum atomic E-state index is -0.336. The lowest BCUT2D eigenvalue weighted by Crippen LogP contribution is -2.36. The number of methoxy groups -OCH3 is 1. The number of benzene rings is 1. The first-order valence-electron chi connectivity index (χ1n) is 12.2. The molecule has 8 nitrogen and oxygen atoms in total. The van der Waals surface area contributed by atoms with Gasteiger partial charge in [0.1, 0.15) is 29.7 Å². The molecule has 1 N–H and O–H groups in total. The molecule has 2 aromatic rings. The maximum absolute atomic E-state index is 12.2. The fourth-order valence-corrected chi connectivity index (χ4v) is 4.86. The van der Waals surface area contributed by atoms with E-state index >= 15 is 0 Å². The highest BCUT2D eigenvalue weighted by Gasteiger charge is 2.27. The quantitative estimate of drug-likeness (QED) is 0.162. The summed E-state index contributed by atoms with van der Waals surface area (Å²) < 4.78 is 15.9. The zero-order chi connectivity index (χ0) is 27.8. The van der Waals surface area contributed by atoms with Crippen molar-refractivity contribution in [3.63, 3.8) is 0 Å². The van der Waals surface area contributed by atoms with Gasteiger partial charge in [0.25, 0.3) is 0 Å². The number of anilines is 1. The molecular weight excluding hydrogens is 502 g/mol. The van der Waals surface area contributed by atoms with Gasteiger partial charge in [-0.2, -0.15) is 5.26 Å². The summed E-state index contributed by atoms with van der Waals surface area (Å²) in [7, 11) is 3.38. The van der Waals surface area contributed by atoms with E-state index in [4.69, 9.17) is 14.2 Å². The zero-order valence-corrected chi connectivity index (χ0v) is 22.9. The average molecular weight is 538 g/mol. The minimum Gasteiger partial charge on any atom is -0.497 e. The predicted molar refractivity (Wildman–Crippen MR) is 150 cm³/mol. The Kier molecular flexibility index (Phi) is 13.4. The van der Waals surface area contributed by atoms with Crippen molar-refractivity contribution >= 4 is 28.7 Å². The second kappa shape index (κ2) is 16.8. The number of hydrogen-bond acceptors (Lipinski definition) is 8. The molecule has 2 heterocycles. The van der Waals surface area contributed by atoms with Gasteiger partial charge in [0.2, 0.25) is 0 Å². The summed E-state index contributed by atoms with van der Waals surface area (Å²) >= 11 is 1.53. The Morgan fingerprint density at radius 1 is 1.29 bits per heavy atom. The summed E-state index contributed by atoms with van der Waals surface area (Å²) in [6.45, 7) is 9.47. The minimum absolute atomic E-state index is 0.227. The van der Waals surface area contributed by atoms with Crippen LogP contribution in [-0.2, 0) is 38.6 Å². The molecule has 3 rings (SSSR count). The highest BCUT2D eigenvalue weighted by atomic mass is 32.1. The maximum atomic E-state index is 12.2. The smallest absolute Gasteiger partial charge is 0.410 e. The molecule has 0 saturated heterocycles. The molecule has 38 heavy (non-hydrogen) atoms. The van der Waals surface area contributed by atoms with Crippen molar-refractivity contribution in [1.82, 2.24) is 4.90 Å². The average Bonchev–Trinajstić information content (AvgIpc) is 3.32. The van der Waals surface area contributed by atoms with Crippen molar-refractivity contribution in [3.05, 3.63) is 88.5 Å². The summed E-state index contributed by atoms with van der Waals surface area (Å²) in [5.74, 6) is 0.687. The molecule has 0 bridgehead atoms. The number of rotatable bonds is 12. The second-order valence-electron chi connectivity index (χ2n) is 8.17. The number of fused-ring (bicyclic) bond motifs is 1. The molecule has 1 amide bonds. The monoisotopic (exact) mass is 537 g/mol. The van der Waals surface area contributed by atoms with Crippen molar-refractivity contribution < 1.29 is 23.8 Å². The number of carbonyl (C=O) groups excluding carboxylic acids is 2. The van der Waals surface area contributed by atoms with Gasteiger partial charge in [-0.05, 0) is 35.6 Å². The topological polar surface area (TPSA) is 101 Å². The fraction of sp³-hybridized carbons (Fsp3) is 0.345. The Bertz CT molecular complexity index is 1150. The lowest BCUT2D eigenvalue weighted by molar-refractivity contribution is -0.107. The van der Waals surface area contributed by atoms with Gasteiger partial charge in [-0.15, -0.1) is 11.3 Å². The number of allylic oxidation sites excluding steroid dienone is 3. The third-order valence-corrected chi connectivity index (χ3v) is 6.85. The number of nitriles is 1. The summed E-state index contributed by atoms with van der Waals surface area (Å²) in [6.07, 6.45) is 5.69. The summed E-state index contributed by atoms with van der Waals surface area (Å²) in [5.41, 5.74) is 3.67. The highest BCUT2D eigenvalue weighted by molar-refractivity contribution is 7.16. The van der Waals surface area contributed by atoms with Crippen molar-refractivity contribution in [2.24, 2.45) is 0 Å². The first-order chi connectivity index (χ1) is 18.5. The van der Waals surface area contributed by atoms with Crippen LogP contribution in [0.15, 0.2) is 67.0 Å². The first kappa shape index (κ1) is 30.4. The van der Waals surface area contributed by atoms with Crippen LogP contribution < -0.4 is 5.32 Å². The van der Waals surface area contributed by atoms with Crippen molar-refractivity contribution in [3.8, 4) is 6.07 Å². The van der Waals surface area contributed by atoms with Gasteiger partial charge < -0.3 is 29.2 Å². The Morgan fingerprint density at radius 3 is 2.68 bits per heavy atom. The molecule has 1 aliphatic rings. The van der Waals surface area contributed by atoms with Crippen LogP contribution in [0.1, 0.15) is 34.4 Å². The Balaban J connectivity index is 0.000000358. The van der Waals surface area contributed by atoms with E-state index in [2.05, 4.69) is 24.5 Å². The maximum Gasteiger partial charge on any atom is 0.410 e. The summed E-state index contributed by atoms with van der Waals surface area (Å²) in [6, 6.07) is 12.1. The third-order valence-electron chi connectivity index (χ3n) is 5.62. The number of nitrogens with zero attached hydrogens (tertiary/aromatic N) is 2. The van der Waals surface area contributed by atoms with Gasteiger partial charge in [-0.25, -0.2) is 4.79 Å². The van der Waals surface area contributed by atoms with Crippen molar-refractivity contribution in [2.45, 2.75) is 32.4 Å². The Hall–Kier alpha value is -3.87. The van der Waals surface area contributed by atoms with Crippen molar-refractivity contribution in [1.29, 1.82) is 5.26 Å². The fourth-order valence-electron chi connectivity index (χ4n) is 3.69. The molecule has 0 unspecified atom stereocenters. The zero-order valence-electron chi connectivity index (χ0n) is 22.0. The van der Waals surface area contributed by atoms with E-state index < -0.39 is 0 Å². The lowest BCUT2D eigenvalue weighted by Gasteiger charge is -2.26. The van der Waals surface area contributed by atoms with E-state index in [9.17, 15) is 14.9 Å². The van der Waals surface area contributed by atoms with E-state index in [1.807, 2.05) is 30.3 Å². The third kappa shape index (κ3) is 9.21. The number of ether oxygens (including phenoxy) is 3. The first-order valence-corrected chi connectivity index (χ1v) is 13.0. The van der Waals surface area contributed by atoms with E-state index in [1.54, 1.807) is 31.2 Å². The van der Waals surface area contributed by atoms with Crippen LogP contribution >= 0.6 is 11.3 Å². The number of amides is 1. The Morgan fingerprint density at radius 2 is 2.05 bits per heavy atom. The van der Waals surface area contributed by atoms with E-state index in [1.165, 1.54) is 11.3 Å². The van der Waals surface area contributed by atoms with Crippen molar-refractivity contribution in [2.75, 3.05) is 39.2 Å². The van der Waals surface area contributed by atoms with Crippen LogP contribution in [0, 0.1) is 11.3 Å². The molecule has 1 aromatic heterocycles. The number of nitrogens with one attached hydrogen (secondary N) is 1. The van der Waals surface area contributed by atoms with E-state index in [0.717, 1.165) is 32.9 Å². The highest BCUT2D eigenvalue weighted by Crippen LogP contribution is 2.36. The van der Waals surface area contributed by atoms with E-state index in [-0.39, 0.29) is 12.7 Å². The van der Waals surface area contributed by atoms with Gasteiger partial charge in [0.05, 0.1) is 32.4 Å². The molecule has 0 spiro atoms. The van der Waals surface area contributed by atoms with Crippen LogP contribution in [0.5, 0.6) is 0 Å². The number of aldehydes is 1. The van der Waals surface area contributed by atoms with Crippen LogP contribution in [0.25, 0.3) is 0 Å². The van der Waals surface area contributed by atoms with E-state index in [0.29, 0.717) is 56.9 Å². The number of hydrogen-bond donors (Lipinski definition) is 1. The molecule has 1 aromatic carbocycles. The van der Waals surface area contributed by atoms with Gasteiger partial charge in [0, 0.05) is 24.9 Å². The van der Waals surface area contributed by atoms with Crippen LogP contribution in [-0.4, -0.2) is 51.2 Å². The largest absolute Gasteiger partial charge is 0.497 e. The number of carbonyl (C=O) groups is 2. The molecule has 0 atom stereocenters. The number of thiophene rings is 1. The molecule has 1 aliphatic heterocycles. The van der Waals surface area contributed by atoms with Crippen LogP contribution in [0.4, 0.5) is 9.80 Å². The van der Waals surface area contributed by atoms with Crippen LogP contribution in [0.3, 0.4) is 0 Å². The summed E-state index contributed by atoms with van der Waals surface area (Å²) in [5, 5.41) is 13.2. The molecule has 0 saturated carbocycles. The van der Waals surface area contributed by atoms with Gasteiger partial charge >= 0.3 is 6.09 Å². The van der Waals surface area contributed by atoms with Gasteiger partial charge in [-0.3, -0.25) is 0 Å². The SMILES string of the molecule is C=C/C=C(/OC)C(=C)CCC=O.CNc1sc2c(c1C#N)CCN(C(=O)OCCOCc1ccccc1)C2. The molecule has 0 fully saturated rings. The molecule has 9 heteroatoms. The Labute approximate surface area is 228 Å². The molecular formula is C29H35N3O5S. The molecule has 0 radical (unpaired) electrons. The molecule has 202 valence electrons. The van der Waals surface area contributed by atoms with Crippen LogP contribution in [0.2, 0.25) is 0 Å². The standard InChI is InChI=1S/C19H21N3O3S.C10H14O2/c1-21-18-16(11-20)15-7-8-22(12-17(15)26-18)19(23)25-10-9-24-13-14-5-3-2-4-6-14;1-4-6-10(12-3)9(2)7-5-8-11/h2-6,21H,7-10,12-13H2,1H3;4,6,8H,1-2,5,7H2,3H3/b;10-6+. The predicted octanol–water partition coefficient (Wildman–Crippen LogP) is 5.61.